The van der Waals surface area contributed by atoms with E-state index in [0.717, 1.165) is 9.35 Å². The lowest BCUT2D eigenvalue weighted by Gasteiger charge is -2.05. The van der Waals surface area contributed by atoms with Crippen molar-refractivity contribution in [1.82, 2.24) is 0 Å². The SMILES string of the molecule is N#Cc1ccc(OCc2sccc2Br)cc1F. The van der Waals surface area contributed by atoms with Crippen LogP contribution in [0.25, 0.3) is 0 Å². The zero-order chi connectivity index (χ0) is 12.3. The van der Waals surface area contributed by atoms with Gasteiger partial charge in [0.25, 0.3) is 0 Å². The van der Waals surface area contributed by atoms with Crippen molar-refractivity contribution in [1.29, 1.82) is 5.26 Å². The number of nitrogens with zero attached hydrogens (tertiary/aromatic N) is 1. The number of nitriles is 1. The van der Waals surface area contributed by atoms with E-state index in [1.54, 1.807) is 23.5 Å². The molecule has 17 heavy (non-hydrogen) atoms. The number of rotatable bonds is 3. The summed E-state index contributed by atoms with van der Waals surface area (Å²) in [6.07, 6.45) is 0. The molecule has 0 atom stereocenters. The van der Waals surface area contributed by atoms with Gasteiger partial charge in [-0.1, -0.05) is 0 Å². The molecule has 0 unspecified atom stereocenters. The first-order valence-electron chi connectivity index (χ1n) is 4.75. The lowest BCUT2D eigenvalue weighted by molar-refractivity contribution is 0.307. The fraction of sp³-hybridized carbons (Fsp3) is 0.0833. The van der Waals surface area contributed by atoms with Crippen molar-refractivity contribution in [2.45, 2.75) is 6.61 Å². The second-order valence-corrected chi connectivity index (χ2v) is 5.09. The molecule has 2 rings (SSSR count). The fourth-order valence-electron chi connectivity index (χ4n) is 1.25. The Morgan fingerprint density at radius 2 is 2.24 bits per heavy atom. The van der Waals surface area contributed by atoms with Crippen LogP contribution in [0.3, 0.4) is 0 Å². The third kappa shape index (κ3) is 2.84. The molecule has 0 aliphatic carbocycles. The predicted molar refractivity (Wildman–Crippen MR) is 67.5 cm³/mol. The van der Waals surface area contributed by atoms with E-state index in [1.807, 2.05) is 11.4 Å². The fourth-order valence-corrected chi connectivity index (χ4v) is 2.63. The number of hydrogen-bond acceptors (Lipinski definition) is 3. The normalized spacial score (nSPS) is 9.94. The van der Waals surface area contributed by atoms with Gasteiger partial charge in [-0.2, -0.15) is 5.26 Å². The van der Waals surface area contributed by atoms with Gasteiger partial charge in [-0.25, -0.2) is 4.39 Å². The highest BCUT2D eigenvalue weighted by Gasteiger charge is 2.05. The summed E-state index contributed by atoms with van der Waals surface area (Å²) in [4.78, 5) is 1.04. The van der Waals surface area contributed by atoms with E-state index in [4.69, 9.17) is 10.00 Å². The molecular weight excluding hydrogens is 305 g/mol. The third-order valence-electron chi connectivity index (χ3n) is 2.12. The topological polar surface area (TPSA) is 33.0 Å². The monoisotopic (exact) mass is 311 g/mol. The molecular formula is C12H7BrFNOS. The second kappa shape index (κ2) is 5.30. The molecule has 0 spiro atoms. The van der Waals surface area contributed by atoms with E-state index in [2.05, 4.69) is 15.9 Å². The molecule has 1 heterocycles. The molecule has 0 saturated heterocycles. The Bertz CT molecular complexity index is 576. The maximum atomic E-state index is 13.3. The summed E-state index contributed by atoms with van der Waals surface area (Å²) in [7, 11) is 0. The van der Waals surface area contributed by atoms with Crippen LogP contribution in [0.1, 0.15) is 10.4 Å². The summed E-state index contributed by atoms with van der Waals surface area (Å²) in [6, 6.07) is 7.92. The van der Waals surface area contributed by atoms with Crippen LogP contribution in [-0.2, 0) is 6.61 Å². The van der Waals surface area contributed by atoms with Gasteiger partial charge in [-0.05, 0) is 39.5 Å². The molecule has 0 N–H and O–H groups in total. The molecule has 86 valence electrons. The van der Waals surface area contributed by atoms with Crippen molar-refractivity contribution in [3.63, 3.8) is 0 Å². The highest BCUT2D eigenvalue weighted by Crippen LogP contribution is 2.25. The van der Waals surface area contributed by atoms with E-state index in [9.17, 15) is 4.39 Å². The van der Waals surface area contributed by atoms with Crippen LogP contribution < -0.4 is 4.74 Å². The van der Waals surface area contributed by atoms with Gasteiger partial charge in [0.2, 0.25) is 0 Å². The summed E-state index contributed by atoms with van der Waals surface area (Å²) in [5.74, 6) is -0.142. The molecule has 0 bridgehead atoms. The number of thiophene rings is 1. The van der Waals surface area contributed by atoms with Gasteiger partial charge in [0, 0.05) is 10.5 Å². The molecule has 1 aromatic carbocycles. The first-order valence-corrected chi connectivity index (χ1v) is 6.42. The van der Waals surface area contributed by atoms with E-state index in [-0.39, 0.29) is 5.56 Å². The molecule has 0 amide bonds. The van der Waals surface area contributed by atoms with Crippen LogP contribution in [0, 0.1) is 17.1 Å². The van der Waals surface area contributed by atoms with E-state index in [0.29, 0.717) is 12.4 Å². The van der Waals surface area contributed by atoms with Crippen LogP contribution in [0.2, 0.25) is 0 Å². The summed E-state index contributed by atoms with van der Waals surface area (Å²) >= 11 is 4.95. The highest BCUT2D eigenvalue weighted by atomic mass is 79.9. The Balaban J connectivity index is 2.08. The molecule has 0 fully saturated rings. The minimum atomic E-state index is -0.560. The minimum absolute atomic E-state index is 0.0228. The number of halogens is 2. The van der Waals surface area contributed by atoms with Gasteiger partial charge >= 0.3 is 0 Å². The molecule has 5 heteroatoms. The Labute approximate surface area is 110 Å². The van der Waals surface area contributed by atoms with Crippen molar-refractivity contribution >= 4 is 27.3 Å². The van der Waals surface area contributed by atoms with Crippen LogP contribution in [0.15, 0.2) is 34.1 Å². The average molecular weight is 312 g/mol. The van der Waals surface area contributed by atoms with Crippen LogP contribution in [-0.4, -0.2) is 0 Å². The van der Waals surface area contributed by atoms with Gasteiger partial charge in [0.1, 0.15) is 24.2 Å². The van der Waals surface area contributed by atoms with Gasteiger partial charge < -0.3 is 4.74 Å². The van der Waals surface area contributed by atoms with Gasteiger partial charge in [-0.15, -0.1) is 11.3 Å². The maximum Gasteiger partial charge on any atom is 0.144 e. The standard InChI is InChI=1S/C12H7BrFNOS/c13-10-3-4-17-12(10)7-16-9-2-1-8(6-15)11(14)5-9/h1-5H,7H2. The first-order chi connectivity index (χ1) is 8.20. The van der Waals surface area contributed by atoms with E-state index < -0.39 is 5.82 Å². The molecule has 1 aromatic heterocycles. The molecule has 0 radical (unpaired) electrons. The Hall–Kier alpha value is -1.38. The van der Waals surface area contributed by atoms with Crippen molar-refractivity contribution in [3.8, 4) is 11.8 Å². The summed E-state index contributed by atoms with van der Waals surface area (Å²) in [5.41, 5.74) is 0.0228. The lowest BCUT2D eigenvalue weighted by Crippen LogP contribution is -1.95. The van der Waals surface area contributed by atoms with Crippen molar-refractivity contribution in [2.75, 3.05) is 0 Å². The summed E-state index contributed by atoms with van der Waals surface area (Å²) in [5, 5.41) is 10.5. The van der Waals surface area contributed by atoms with Gasteiger partial charge in [0.05, 0.1) is 10.4 Å². The van der Waals surface area contributed by atoms with Crippen LogP contribution >= 0.6 is 27.3 Å². The summed E-state index contributed by atoms with van der Waals surface area (Å²) < 4.78 is 19.7. The predicted octanol–water partition coefficient (Wildman–Crippen LogP) is 4.10. The lowest BCUT2D eigenvalue weighted by atomic mass is 10.2. The van der Waals surface area contributed by atoms with E-state index >= 15 is 0 Å². The molecule has 2 nitrogen and oxygen atoms in total. The zero-order valence-corrected chi connectivity index (χ0v) is 11.0. The third-order valence-corrected chi connectivity index (χ3v) is 4.02. The Morgan fingerprint density at radius 1 is 1.41 bits per heavy atom. The Kier molecular flexibility index (Phi) is 3.77. The van der Waals surface area contributed by atoms with Gasteiger partial charge in [0.15, 0.2) is 0 Å². The first kappa shape index (κ1) is 12.1. The number of hydrogen-bond donors (Lipinski definition) is 0. The van der Waals surface area contributed by atoms with Crippen LogP contribution in [0.4, 0.5) is 4.39 Å². The van der Waals surface area contributed by atoms with Crippen LogP contribution in [0.5, 0.6) is 5.75 Å². The van der Waals surface area contributed by atoms with Gasteiger partial charge in [-0.3, -0.25) is 0 Å². The molecule has 2 aromatic rings. The average Bonchev–Trinajstić information content (AvgIpc) is 2.72. The zero-order valence-electron chi connectivity index (χ0n) is 8.61. The minimum Gasteiger partial charge on any atom is -0.488 e. The highest BCUT2D eigenvalue weighted by molar-refractivity contribution is 9.10. The summed E-state index contributed by atoms with van der Waals surface area (Å²) in [6.45, 7) is 0.379. The molecule has 0 aliphatic rings. The second-order valence-electron chi connectivity index (χ2n) is 3.23. The van der Waals surface area contributed by atoms with Crippen molar-refractivity contribution in [3.05, 3.63) is 50.4 Å². The van der Waals surface area contributed by atoms with Crippen molar-refractivity contribution < 1.29 is 9.13 Å². The quantitative estimate of drug-likeness (QED) is 0.855. The number of ether oxygens (including phenoxy) is 1. The molecule has 0 saturated carbocycles. The molecule has 0 aliphatic heterocycles. The number of benzene rings is 1. The maximum absolute atomic E-state index is 13.3. The Morgan fingerprint density at radius 3 is 2.82 bits per heavy atom. The van der Waals surface area contributed by atoms with Crippen molar-refractivity contribution in [2.24, 2.45) is 0 Å². The van der Waals surface area contributed by atoms with E-state index in [1.165, 1.54) is 12.1 Å². The smallest absolute Gasteiger partial charge is 0.144 e. The largest absolute Gasteiger partial charge is 0.488 e.